The normalized spacial score (nSPS) is 11.8. The SMILES string of the molecule is C/C=C(/C)c1ccccc1CCC. The van der Waals surface area contributed by atoms with Gasteiger partial charge in [0.15, 0.2) is 0 Å². The van der Waals surface area contributed by atoms with Crippen LogP contribution in [-0.4, -0.2) is 0 Å². The lowest BCUT2D eigenvalue weighted by Crippen LogP contribution is -1.90. The number of allylic oxidation sites excluding steroid dienone is 2. The van der Waals surface area contributed by atoms with E-state index < -0.39 is 0 Å². The van der Waals surface area contributed by atoms with Gasteiger partial charge in [-0.25, -0.2) is 0 Å². The first kappa shape index (κ1) is 10.0. The molecule has 13 heavy (non-hydrogen) atoms. The number of benzene rings is 1. The van der Waals surface area contributed by atoms with Crippen molar-refractivity contribution in [3.05, 3.63) is 41.5 Å². The molecule has 0 aliphatic heterocycles. The van der Waals surface area contributed by atoms with E-state index >= 15 is 0 Å². The third kappa shape index (κ3) is 2.45. The van der Waals surface area contributed by atoms with Gasteiger partial charge in [-0.15, -0.1) is 0 Å². The van der Waals surface area contributed by atoms with Crippen molar-refractivity contribution in [1.29, 1.82) is 0 Å². The first-order valence-electron chi connectivity index (χ1n) is 5.00. The zero-order chi connectivity index (χ0) is 9.68. The van der Waals surface area contributed by atoms with Gasteiger partial charge in [-0.1, -0.05) is 43.7 Å². The molecule has 0 nitrogen and oxygen atoms in total. The van der Waals surface area contributed by atoms with Crippen molar-refractivity contribution in [1.82, 2.24) is 0 Å². The summed E-state index contributed by atoms with van der Waals surface area (Å²) in [6, 6.07) is 8.67. The zero-order valence-corrected chi connectivity index (χ0v) is 8.80. The van der Waals surface area contributed by atoms with Gasteiger partial charge in [-0.2, -0.15) is 0 Å². The van der Waals surface area contributed by atoms with Gasteiger partial charge in [-0.05, 0) is 37.0 Å². The van der Waals surface area contributed by atoms with Crippen LogP contribution in [-0.2, 0) is 6.42 Å². The Morgan fingerprint density at radius 1 is 1.31 bits per heavy atom. The van der Waals surface area contributed by atoms with E-state index in [4.69, 9.17) is 0 Å². The van der Waals surface area contributed by atoms with Gasteiger partial charge in [0.1, 0.15) is 0 Å². The molecule has 0 N–H and O–H groups in total. The van der Waals surface area contributed by atoms with Gasteiger partial charge in [0, 0.05) is 0 Å². The van der Waals surface area contributed by atoms with E-state index in [0.29, 0.717) is 0 Å². The van der Waals surface area contributed by atoms with Gasteiger partial charge in [0.25, 0.3) is 0 Å². The molecule has 0 unspecified atom stereocenters. The van der Waals surface area contributed by atoms with Gasteiger partial charge < -0.3 is 0 Å². The summed E-state index contributed by atoms with van der Waals surface area (Å²) in [5.41, 5.74) is 4.26. The van der Waals surface area contributed by atoms with E-state index in [1.165, 1.54) is 29.5 Å². The average Bonchev–Trinajstić information content (AvgIpc) is 2.18. The fourth-order valence-corrected chi connectivity index (χ4v) is 1.55. The maximum Gasteiger partial charge on any atom is -0.0199 e. The minimum absolute atomic E-state index is 1.18. The average molecular weight is 174 g/mol. The van der Waals surface area contributed by atoms with Crippen LogP contribution in [0.1, 0.15) is 38.3 Å². The first-order valence-corrected chi connectivity index (χ1v) is 5.00. The van der Waals surface area contributed by atoms with Crippen LogP contribution in [0.25, 0.3) is 5.57 Å². The molecular formula is C13H18. The smallest absolute Gasteiger partial charge is 0.0199 e. The summed E-state index contributed by atoms with van der Waals surface area (Å²) in [6.45, 7) is 6.49. The molecule has 70 valence electrons. The molecule has 1 aromatic carbocycles. The van der Waals surface area contributed by atoms with Crippen LogP contribution in [0.2, 0.25) is 0 Å². The van der Waals surface area contributed by atoms with Crippen molar-refractivity contribution in [2.24, 2.45) is 0 Å². The highest BCUT2D eigenvalue weighted by molar-refractivity contribution is 5.66. The molecule has 0 atom stereocenters. The fourth-order valence-electron chi connectivity index (χ4n) is 1.55. The van der Waals surface area contributed by atoms with Crippen LogP contribution in [0, 0.1) is 0 Å². The highest BCUT2D eigenvalue weighted by atomic mass is 14.1. The maximum atomic E-state index is 2.23. The van der Waals surface area contributed by atoms with Crippen molar-refractivity contribution >= 4 is 5.57 Å². The largest absolute Gasteiger partial charge is 0.0841 e. The molecule has 1 rings (SSSR count). The van der Waals surface area contributed by atoms with Crippen LogP contribution in [0.4, 0.5) is 0 Å². The van der Waals surface area contributed by atoms with Crippen LogP contribution >= 0.6 is 0 Å². The molecule has 1 aromatic rings. The van der Waals surface area contributed by atoms with Crippen LogP contribution in [0.15, 0.2) is 30.3 Å². The molecule has 0 heteroatoms. The highest BCUT2D eigenvalue weighted by Crippen LogP contribution is 2.19. The number of aryl methyl sites for hydroxylation is 1. The van der Waals surface area contributed by atoms with Gasteiger partial charge in [-0.3, -0.25) is 0 Å². The minimum atomic E-state index is 1.18. The van der Waals surface area contributed by atoms with Crippen LogP contribution < -0.4 is 0 Å². The molecular weight excluding hydrogens is 156 g/mol. The van der Waals surface area contributed by atoms with E-state index in [1.807, 2.05) is 0 Å². The number of rotatable bonds is 3. The predicted octanol–water partition coefficient (Wildman–Crippen LogP) is 4.06. The van der Waals surface area contributed by atoms with Crippen molar-refractivity contribution in [3.8, 4) is 0 Å². The third-order valence-electron chi connectivity index (χ3n) is 2.39. The van der Waals surface area contributed by atoms with E-state index in [9.17, 15) is 0 Å². The molecule has 0 heterocycles. The molecule has 0 saturated heterocycles. The number of hydrogen-bond donors (Lipinski definition) is 0. The molecule has 0 aliphatic rings. The third-order valence-corrected chi connectivity index (χ3v) is 2.39. The molecule has 0 bridgehead atoms. The van der Waals surface area contributed by atoms with E-state index in [-0.39, 0.29) is 0 Å². The molecule has 0 aliphatic carbocycles. The lowest BCUT2D eigenvalue weighted by Gasteiger charge is -2.08. The summed E-state index contributed by atoms with van der Waals surface area (Å²) < 4.78 is 0. The van der Waals surface area contributed by atoms with Crippen molar-refractivity contribution < 1.29 is 0 Å². The van der Waals surface area contributed by atoms with E-state index in [2.05, 4.69) is 51.1 Å². The highest BCUT2D eigenvalue weighted by Gasteiger charge is 2.00. The van der Waals surface area contributed by atoms with Crippen molar-refractivity contribution in [2.75, 3.05) is 0 Å². The van der Waals surface area contributed by atoms with Gasteiger partial charge in [0.05, 0.1) is 0 Å². The van der Waals surface area contributed by atoms with E-state index in [0.717, 1.165) is 0 Å². The second-order valence-corrected chi connectivity index (χ2v) is 3.38. The maximum absolute atomic E-state index is 2.23. The Kier molecular flexibility index (Phi) is 3.75. The Morgan fingerprint density at radius 2 is 2.00 bits per heavy atom. The molecule has 0 radical (unpaired) electrons. The summed E-state index contributed by atoms with van der Waals surface area (Å²) in [6.07, 6.45) is 4.57. The molecule has 0 fully saturated rings. The molecule has 0 amide bonds. The van der Waals surface area contributed by atoms with Crippen molar-refractivity contribution in [2.45, 2.75) is 33.6 Å². The topological polar surface area (TPSA) is 0 Å². The Bertz CT molecular complexity index is 295. The second kappa shape index (κ2) is 4.86. The lowest BCUT2D eigenvalue weighted by molar-refractivity contribution is 0.918. The molecule has 0 saturated carbocycles. The van der Waals surface area contributed by atoms with Crippen molar-refractivity contribution in [3.63, 3.8) is 0 Å². The summed E-state index contributed by atoms with van der Waals surface area (Å²) in [4.78, 5) is 0. The number of hydrogen-bond acceptors (Lipinski definition) is 0. The Balaban J connectivity index is 3.04. The lowest BCUT2D eigenvalue weighted by atomic mass is 9.98. The van der Waals surface area contributed by atoms with E-state index in [1.54, 1.807) is 0 Å². The first-order chi connectivity index (χ1) is 6.29. The fraction of sp³-hybridized carbons (Fsp3) is 0.385. The Labute approximate surface area is 81.3 Å². The minimum Gasteiger partial charge on any atom is -0.0841 e. The predicted molar refractivity (Wildman–Crippen MR) is 59.8 cm³/mol. The monoisotopic (exact) mass is 174 g/mol. The summed E-state index contributed by atoms with van der Waals surface area (Å²) >= 11 is 0. The summed E-state index contributed by atoms with van der Waals surface area (Å²) in [5.74, 6) is 0. The van der Waals surface area contributed by atoms with Gasteiger partial charge in [0.2, 0.25) is 0 Å². The molecule has 0 aromatic heterocycles. The summed E-state index contributed by atoms with van der Waals surface area (Å²) in [7, 11) is 0. The Hall–Kier alpha value is -1.04. The van der Waals surface area contributed by atoms with Crippen LogP contribution in [0.5, 0.6) is 0 Å². The second-order valence-electron chi connectivity index (χ2n) is 3.38. The zero-order valence-electron chi connectivity index (χ0n) is 8.80. The Morgan fingerprint density at radius 3 is 2.62 bits per heavy atom. The molecule has 0 spiro atoms. The quantitative estimate of drug-likeness (QED) is 0.648. The summed E-state index contributed by atoms with van der Waals surface area (Å²) in [5, 5.41) is 0. The van der Waals surface area contributed by atoms with Crippen LogP contribution in [0.3, 0.4) is 0 Å². The standard InChI is InChI=1S/C13H18/c1-4-8-12-9-6-7-10-13(12)11(3)5-2/h5-7,9-10H,4,8H2,1-3H3/b11-5-. The van der Waals surface area contributed by atoms with Gasteiger partial charge >= 0.3 is 0 Å².